The Morgan fingerprint density at radius 1 is 0.966 bits per heavy atom. The summed E-state index contributed by atoms with van der Waals surface area (Å²) in [6.45, 7) is 5.16. The minimum Gasteiger partial charge on any atom is -0.456 e. The van der Waals surface area contributed by atoms with Crippen molar-refractivity contribution in [3.8, 4) is 22.8 Å². The Labute approximate surface area is 168 Å². The molecule has 0 fully saturated rings. The van der Waals surface area contributed by atoms with Gasteiger partial charge in [-0.2, -0.15) is 0 Å². The van der Waals surface area contributed by atoms with E-state index in [1.54, 1.807) is 63.6 Å². The zero-order valence-electron chi connectivity index (χ0n) is 16.3. The van der Waals surface area contributed by atoms with E-state index < -0.39 is 11.4 Å². The summed E-state index contributed by atoms with van der Waals surface area (Å²) in [7, 11) is 0. The first kappa shape index (κ1) is 19.9. The molecule has 8 heteroatoms. The highest BCUT2D eigenvalue weighted by molar-refractivity contribution is 6.02. The summed E-state index contributed by atoms with van der Waals surface area (Å²) in [4.78, 5) is 36.3. The highest BCUT2D eigenvalue weighted by Crippen LogP contribution is 2.25. The van der Waals surface area contributed by atoms with Gasteiger partial charge in [0.15, 0.2) is 0 Å². The van der Waals surface area contributed by atoms with Crippen LogP contribution >= 0.6 is 0 Å². The smallest absolute Gasteiger partial charge is 0.327 e. The van der Waals surface area contributed by atoms with Gasteiger partial charge in [-0.3, -0.25) is 25.4 Å². The average Bonchev–Trinajstić information content (AvgIpc) is 2.69. The van der Waals surface area contributed by atoms with Crippen LogP contribution in [-0.4, -0.2) is 26.9 Å². The van der Waals surface area contributed by atoms with Gasteiger partial charge >= 0.3 is 6.03 Å². The average molecular weight is 391 g/mol. The Morgan fingerprint density at radius 3 is 2.45 bits per heavy atom. The zero-order chi connectivity index (χ0) is 20.9. The molecule has 0 radical (unpaired) electrons. The van der Waals surface area contributed by atoms with Crippen molar-refractivity contribution in [3.63, 3.8) is 0 Å². The standard InChI is InChI=1S/C21H21N5O3/c1-21(2,3)19(27)26-20(28)25-18-7-6-16(13-24-18)29-15-8-10-23-17(11-15)14-5-4-9-22-12-14/h4-13H,1-3H3,(H2,24,25,26,27,28). The van der Waals surface area contributed by atoms with Crippen molar-refractivity contribution in [2.24, 2.45) is 5.41 Å². The molecule has 0 saturated carbocycles. The number of hydrogen-bond acceptors (Lipinski definition) is 6. The third-order valence-corrected chi connectivity index (χ3v) is 3.81. The van der Waals surface area contributed by atoms with Crippen LogP contribution in [0.1, 0.15) is 20.8 Å². The van der Waals surface area contributed by atoms with E-state index in [4.69, 9.17) is 4.74 Å². The summed E-state index contributed by atoms with van der Waals surface area (Å²) < 4.78 is 5.80. The summed E-state index contributed by atoms with van der Waals surface area (Å²) >= 11 is 0. The van der Waals surface area contributed by atoms with Crippen LogP contribution < -0.4 is 15.4 Å². The van der Waals surface area contributed by atoms with Crippen molar-refractivity contribution in [2.45, 2.75) is 20.8 Å². The number of ether oxygens (including phenoxy) is 1. The van der Waals surface area contributed by atoms with Crippen LogP contribution in [-0.2, 0) is 4.79 Å². The number of carbonyl (C=O) groups is 2. The quantitative estimate of drug-likeness (QED) is 0.696. The van der Waals surface area contributed by atoms with E-state index in [0.29, 0.717) is 17.3 Å². The molecular weight excluding hydrogens is 370 g/mol. The molecule has 3 amide bonds. The number of imide groups is 1. The minimum atomic E-state index is -0.665. The lowest BCUT2D eigenvalue weighted by Crippen LogP contribution is -2.41. The Kier molecular flexibility index (Phi) is 5.82. The van der Waals surface area contributed by atoms with Gasteiger partial charge in [0.05, 0.1) is 11.9 Å². The number of urea groups is 1. The number of aromatic nitrogens is 3. The lowest BCUT2D eigenvalue weighted by Gasteiger charge is -2.16. The number of hydrogen-bond donors (Lipinski definition) is 2. The van der Waals surface area contributed by atoms with Crippen molar-refractivity contribution in [1.82, 2.24) is 20.3 Å². The van der Waals surface area contributed by atoms with Gasteiger partial charge in [0.1, 0.15) is 17.3 Å². The van der Waals surface area contributed by atoms with Crippen LogP contribution in [0.15, 0.2) is 61.2 Å². The molecule has 148 valence electrons. The molecule has 0 aliphatic heterocycles. The van der Waals surface area contributed by atoms with Gasteiger partial charge in [0.2, 0.25) is 5.91 Å². The van der Waals surface area contributed by atoms with Crippen LogP contribution in [0, 0.1) is 5.41 Å². The SMILES string of the molecule is CC(C)(C)C(=O)NC(=O)Nc1ccc(Oc2ccnc(-c3cccnc3)c2)cn1. The molecule has 0 spiro atoms. The summed E-state index contributed by atoms with van der Waals surface area (Å²) in [5.74, 6) is 0.999. The molecule has 0 saturated heterocycles. The van der Waals surface area contributed by atoms with Crippen LogP contribution in [0.3, 0.4) is 0 Å². The summed E-state index contributed by atoms with van der Waals surface area (Å²) in [6, 6.07) is 9.90. The fourth-order valence-corrected chi connectivity index (χ4v) is 2.24. The van der Waals surface area contributed by atoms with Gasteiger partial charge in [-0.25, -0.2) is 9.78 Å². The van der Waals surface area contributed by atoms with Gasteiger partial charge in [0.25, 0.3) is 0 Å². The number of nitrogens with one attached hydrogen (secondary N) is 2. The molecule has 0 unspecified atom stereocenters. The van der Waals surface area contributed by atoms with Crippen molar-refractivity contribution in [3.05, 3.63) is 61.2 Å². The minimum absolute atomic E-state index is 0.294. The Balaban J connectivity index is 1.63. The Morgan fingerprint density at radius 2 is 1.79 bits per heavy atom. The van der Waals surface area contributed by atoms with E-state index in [1.165, 1.54) is 6.20 Å². The van der Waals surface area contributed by atoms with Gasteiger partial charge in [-0.1, -0.05) is 20.8 Å². The monoisotopic (exact) mass is 391 g/mol. The first-order valence-corrected chi connectivity index (χ1v) is 8.94. The number of rotatable bonds is 4. The summed E-state index contributed by atoms with van der Waals surface area (Å²) in [6.07, 6.45) is 6.55. The van der Waals surface area contributed by atoms with E-state index in [1.807, 2.05) is 12.1 Å². The first-order chi connectivity index (χ1) is 13.8. The number of anilines is 1. The summed E-state index contributed by atoms with van der Waals surface area (Å²) in [5.41, 5.74) is 0.954. The molecule has 0 aliphatic rings. The number of amides is 3. The van der Waals surface area contributed by atoms with Gasteiger partial charge in [-0.15, -0.1) is 0 Å². The van der Waals surface area contributed by atoms with Crippen molar-refractivity contribution < 1.29 is 14.3 Å². The molecule has 3 rings (SSSR count). The van der Waals surface area contributed by atoms with Gasteiger partial charge in [0, 0.05) is 35.6 Å². The number of carbonyl (C=O) groups excluding carboxylic acids is 2. The first-order valence-electron chi connectivity index (χ1n) is 8.94. The molecule has 3 aromatic heterocycles. The Bertz CT molecular complexity index is 999. The van der Waals surface area contributed by atoms with Crippen LogP contribution in [0.2, 0.25) is 0 Å². The zero-order valence-corrected chi connectivity index (χ0v) is 16.3. The third-order valence-electron chi connectivity index (χ3n) is 3.81. The number of nitrogens with zero attached hydrogens (tertiary/aromatic N) is 3. The second kappa shape index (κ2) is 8.47. The molecule has 3 aromatic rings. The highest BCUT2D eigenvalue weighted by atomic mass is 16.5. The largest absolute Gasteiger partial charge is 0.456 e. The molecule has 8 nitrogen and oxygen atoms in total. The summed E-state index contributed by atoms with van der Waals surface area (Å²) in [5, 5.41) is 4.78. The van der Waals surface area contributed by atoms with Crippen molar-refractivity contribution in [1.29, 1.82) is 0 Å². The van der Waals surface area contributed by atoms with Crippen LogP contribution in [0.25, 0.3) is 11.3 Å². The van der Waals surface area contributed by atoms with E-state index >= 15 is 0 Å². The lowest BCUT2D eigenvalue weighted by atomic mass is 9.96. The number of pyridine rings is 3. The van der Waals surface area contributed by atoms with E-state index in [2.05, 4.69) is 25.6 Å². The molecule has 29 heavy (non-hydrogen) atoms. The van der Waals surface area contributed by atoms with Crippen LogP contribution in [0.4, 0.5) is 10.6 Å². The fraction of sp³-hybridized carbons (Fsp3) is 0.190. The van der Waals surface area contributed by atoms with Crippen molar-refractivity contribution >= 4 is 17.8 Å². The Hall–Kier alpha value is -3.81. The molecule has 3 heterocycles. The van der Waals surface area contributed by atoms with Crippen LogP contribution in [0.5, 0.6) is 11.5 Å². The highest BCUT2D eigenvalue weighted by Gasteiger charge is 2.23. The maximum atomic E-state index is 11.9. The molecule has 0 aromatic carbocycles. The van der Waals surface area contributed by atoms with Gasteiger partial charge < -0.3 is 4.74 Å². The molecule has 0 atom stereocenters. The molecule has 0 aliphatic carbocycles. The van der Waals surface area contributed by atoms with E-state index in [-0.39, 0.29) is 5.91 Å². The second-order valence-electron chi connectivity index (χ2n) is 7.26. The fourth-order valence-electron chi connectivity index (χ4n) is 2.24. The van der Waals surface area contributed by atoms with Crippen molar-refractivity contribution in [2.75, 3.05) is 5.32 Å². The third kappa shape index (κ3) is 5.58. The van der Waals surface area contributed by atoms with Gasteiger partial charge in [-0.05, 0) is 30.3 Å². The predicted octanol–water partition coefficient (Wildman–Crippen LogP) is 4.03. The lowest BCUT2D eigenvalue weighted by molar-refractivity contribution is -0.127. The maximum absolute atomic E-state index is 11.9. The topological polar surface area (TPSA) is 106 Å². The van der Waals surface area contributed by atoms with E-state index in [9.17, 15) is 9.59 Å². The molecule has 0 bridgehead atoms. The van der Waals surface area contributed by atoms with E-state index in [0.717, 1.165) is 11.3 Å². The second-order valence-corrected chi connectivity index (χ2v) is 7.26. The molecular formula is C21H21N5O3. The normalized spacial score (nSPS) is 10.9. The molecule has 2 N–H and O–H groups in total. The predicted molar refractivity (Wildman–Crippen MR) is 108 cm³/mol. The maximum Gasteiger partial charge on any atom is 0.327 e.